The van der Waals surface area contributed by atoms with Crippen LogP contribution in [0.3, 0.4) is 0 Å². The maximum Gasteiger partial charge on any atom is 0.131 e. The smallest absolute Gasteiger partial charge is 0.131 e. The van der Waals surface area contributed by atoms with Gasteiger partial charge in [0.1, 0.15) is 17.3 Å². The van der Waals surface area contributed by atoms with Crippen molar-refractivity contribution in [3.63, 3.8) is 0 Å². The zero-order valence-electron chi connectivity index (χ0n) is 11.8. The molecule has 0 amide bonds. The highest BCUT2D eigenvalue weighted by atomic mass is 19.1. The van der Waals surface area contributed by atoms with E-state index in [1.807, 2.05) is 12.1 Å². The van der Waals surface area contributed by atoms with Crippen molar-refractivity contribution in [3.8, 4) is 11.5 Å². The van der Waals surface area contributed by atoms with Gasteiger partial charge in [-0.1, -0.05) is 18.2 Å². The summed E-state index contributed by atoms with van der Waals surface area (Å²) in [6.45, 7) is 1.48. The third-order valence-electron chi connectivity index (χ3n) is 3.66. The molecule has 0 aromatic heterocycles. The normalized spacial score (nSPS) is 12.9. The number of ether oxygens (including phenoxy) is 2. The minimum atomic E-state index is -0.315. The van der Waals surface area contributed by atoms with Crippen LogP contribution in [0.25, 0.3) is 0 Å². The van der Waals surface area contributed by atoms with Crippen molar-refractivity contribution in [2.45, 2.75) is 19.4 Å². The second-order valence-electron chi connectivity index (χ2n) is 5.10. The first-order valence-corrected chi connectivity index (χ1v) is 7.12. The molecule has 0 saturated carbocycles. The molecule has 1 aliphatic rings. The monoisotopic (exact) mass is 287 g/mol. The van der Waals surface area contributed by atoms with E-state index in [4.69, 9.17) is 15.2 Å². The van der Waals surface area contributed by atoms with Gasteiger partial charge in [-0.15, -0.1) is 0 Å². The summed E-state index contributed by atoms with van der Waals surface area (Å²) in [4.78, 5) is 0. The van der Waals surface area contributed by atoms with Gasteiger partial charge in [0.2, 0.25) is 0 Å². The number of nitrogens with two attached hydrogens (primary N) is 1. The lowest BCUT2D eigenvalue weighted by Crippen LogP contribution is -2.04. The summed E-state index contributed by atoms with van der Waals surface area (Å²) in [5, 5.41) is 0. The zero-order chi connectivity index (χ0) is 14.7. The van der Waals surface area contributed by atoms with Gasteiger partial charge in [-0.05, 0) is 23.3 Å². The molecule has 110 valence electrons. The lowest BCUT2D eigenvalue weighted by Gasteiger charge is -2.08. The first-order chi connectivity index (χ1) is 10.3. The first-order valence-electron chi connectivity index (χ1n) is 7.12. The van der Waals surface area contributed by atoms with Crippen molar-refractivity contribution in [2.75, 3.05) is 13.2 Å². The molecule has 4 heteroatoms. The number of hydrogen-bond donors (Lipinski definition) is 1. The summed E-state index contributed by atoms with van der Waals surface area (Å²) < 4.78 is 24.7. The van der Waals surface area contributed by atoms with Crippen molar-refractivity contribution < 1.29 is 13.9 Å². The van der Waals surface area contributed by atoms with E-state index in [0.717, 1.165) is 25.2 Å². The Labute approximate surface area is 123 Å². The topological polar surface area (TPSA) is 44.5 Å². The number of rotatable bonds is 5. The van der Waals surface area contributed by atoms with E-state index in [1.54, 1.807) is 12.1 Å². The summed E-state index contributed by atoms with van der Waals surface area (Å²) in [6.07, 6.45) is 1.75. The van der Waals surface area contributed by atoms with E-state index < -0.39 is 0 Å². The van der Waals surface area contributed by atoms with E-state index in [0.29, 0.717) is 17.9 Å². The molecular formula is C17H18FNO2. The molecule has 1 aliphatic heterocycles. The van der Waals surface area contributed by atoms with Crippen LogP contribution in [-0.2, 0) is 19.4 Å². The Morgan fingerprint density at radius 1 is 1.19 bits per heavy atom. The molecule has 3 rings (SSSR count). The quantitative estimate of drug-likeness (QED) is 0.919. The molecule has 0 spiro atoms. The highest BCUT2D eigenvalue weighted by Gasteiger charge is 2.11. The Hall–Kier alpha value is -2.07. The molecule has 3 nitrogen and oxygen atoms in total. The van der Waals surface area contributed by atoms with E-state index in [9.17, 15) is 4.39 Å². The Morgan fingerprint density at radius 2 is 2.10 bits per heavy atom. The number of fused-ring (bicyclic) bond motifs is 1. The summed E-state index contributed by atoms with van der Waals surface area (Å²) in [7, 11) is 0. The molecule has 2 aromatic rings. The largest absolute Gasteiger partial charge is 0.493 e. The summed E-state index contributed by atoms with van der Waals surface area (Å²) in [5.41, 5.74) is 8.39. The fraction of sp³-hybridized carbons (Fsp3) is 0.294. The minimum absolute atomic E-state index is 0.198. The second-order valence-corrected chi connectivity index (χ2v) is 5.10. The van der Waals surface area contributed by atoms with Gasteiger partial charge >= 0.3 is 0 Å². The minimum Gasteiger partial charge on any atom is -0.493 e. The third-order valence-corrected chi connectivity index (χ3v) is 3.66. The lowest BCUT2D eigenvalue weighted by atomic mass is 10.1. The van der Waals surface area contributed by atoms with Gasteiger partial charge in [-0.25, -0.2) is 4.39 Å². The highest BCUT2D eigenvalue weighted by Crippen LogP contribution is 2.26. The van der Waals surface area contributed by atoms with E-state index in [2.05, 4.69) is 6.07 Å². The predicted molar refractivity (Wildman–Crippen MR) is 79.1 cm³/mol. The maximum atomic E-state index is 13.6. The molecule has 2 N–H and O–H groups in total. The van der Waals surface area contributed by atoms with Crippen molar-refractivity contribution >= 4 is 0 Å². The second kappa shape index (κ2) is 6.14. The van der Waals surface area contributed by atoms with Crippen LogP contribution in [0, 0.1) is 5.82 Å². The van der Waals surface area contributed by atoms with Crippen molar-refractivity contribution in [3.05, 3.63) is 58.9 Å². The highest BCUT2D eigenvalue weighted by molar-refractivity contribution is 5.39. The van der Waals surface area contributed by atoms with Crippen molar-refractivity contribution in [1.29, 1.82) is 0 Å². The molecule has 0 aliphatic carbocycles. The van der Waals surface area contributed by atoms with Crippen LogP contribution >= 0.6 is 0 Å². The van der Waals surface area contributed by atoms with Gasteiger partial charge in [0.05, 0.1) is 13.2 Å². The molecule has 0 radical (unpaired) electrons. The number of halogens is 1. The average Bonchev–Trinajstić information content (AvgIpc) is 2.95. The Bertz CT molecular complexity index is 643. The summed E-state index contributed by atoms with van der Waals surface area (Å²) in [5.74, 6) is 1.21. The molecule has 0 fully saturated rings. The van der Waals surface area contributed by atoms with E-state index >= 15 is 0 Å². The van der Waals surface area contributed by atoms with Gasteiger partial charge in [-0.3, -0.25) is 0 Å². The van der Waals surface area contributed by atoms with Crippen LogP contribution in [0.2, 0.25) is 0 Å². The van der Waals surface area contributed by atoms with Crippen LogP contribution in [0.4, 0.5) is 4.39 Å². The fourth-order valence-corrected chi connectivity index (χ4v) is 2.47. The molecule has 2 aromatic carbocycles. The first kappa shape index (κ1) is 13.9. The summed E-state index contributed by atoms with van der Waals surface area (Å²) >= 11 is 0. The van der Waals surface area contributed by atoms with Crippen LogP contribution < -0.4 is 15.2 Å². The molecule has 21 heavy (non-hydrogen) atoms. The molecule has 0 bridgehead atoms. The zero-order valence-corrected chi connectivity index (χ0v) is 11.8. The van der Waals surface area contributed by atoms with Gasteiger partial charge < -0.3 is 15.2 Å². The van der Waals surface area contributed by atoms with E-state index in [1.165, 1.54) is 17.2 Å². The van der Waals surface area contributed by atoms with Crippen LogP contribution in [0.5, 0.6) is 11.5 Å². The van der Waals surface area contributed by atoms with Gasteiger partial charge in [0.15, 0.2) is 0 Å². The Kier molecular flexibility index (Phi) is 4.06. The molecule has 1 heterocycles. The van der Waals surface area contributed by atoms with Crippen molar-refractivity contribution in [1.82, 2.24) is 0 Å². The van der Waals surface area contributed by atoms with Gasteiger partial charge in [0.25, 0.3) is 0 Å². The third kappa shape index (κ3) is 3.16. The summed E-state index contributed by atoms with van der Waals surface area (Å²) in [6, 6.07) is 11.0. The van der Waals surface area contributed by atoms with Crippen LogP contribution in [0.1, 0.15) is 16.7 Å². The lowest BCUT2D eigenvalue weighted by molar-refractivity contribution is 0.320. The molecule has 0 saturated heterocycles. The van der Waals surface area contributed by atoms with Crippen LogP contribution in [0.15, 0.2) is 36.4 Å². The predicted octanol–water partition coefficient (Wildman–Crippen LogP) is 2.84. The number of benzene rings is 2. The average molecular weight is 287 g/mol. The van der Waals surface area contributed by atoms with Gasteiger partial charge in [0, 0.05) is 31.0 Å². The maximum absolute atomic E-state index is 13.6. The molecule has 0 atom stereocenters. The Morgan fingerprint density at radius 3 is 2.90 bits per heavy atom. The van der Waals surface area contributed by atoms with Gasteiger partial charge in [-0.2, -0.15) is 0 Å². The molecular weight excluding hydrogens is 269 g/mol. The van der Waals surface area contributed by atoms with Crippen LogP contribution in [-0.4, -0.2) is 13.2 Å². The van der Waals surface area contributed by atoms with Crippen molar-refractivity contribution in [2.24, 2.45) is 5.73 Å². The SMILES string of the molecule is NCc1ccc(OCCc2ccc3c(c2)CCO3)cc1F. The van der Waals surface area contributed by atoms with E-state index in [-0.39, 0.29) is 12.4 Å². The standard InChI is InChI=1S/C17H18FNO2/c18-16-10-15(3-2-14(16)11-19)20-7-5-12-1-4-17-13(9-12)6-8-21-17/h1-4,9-10H,5-8,11,19H2. The number of hydrogen-bond acceptors (Lipinski definition) is 3. The molecule has 0 unspecified atom stereocenters. The fourth-order valence-electron chi connectivity index (χ4n) is 2.47. The Balaban J connectivity index is 1.57.